The van der Waals surface area contributed by atoms with Crippen molar-refractivity contribution in [3.63, 3.8) is 0 Å². The van der Waals surface area contributed by atoms with Crippen LogP contribution in [0.4, 0.5) is 0 Å². The molecule has 0 aliphatic heterocycles. The number of halogens is 1. The van der Waals surface area contributed by atoms with Crippen molar-refractivity contribution in [2.75, 3.05) is 33.9 Å². The molecule has 0 aliphatic rings. The fourth-order valence-corrected chi connectivity index (χ4v) is 2.19. The van der Waals surface area contributed by atoms with Gasteiger partial charge in [0.05, 0.1) is 18.2 Å². The molecular formula is C14H21BrN2O4. The first-order chi connectivity index (χ1) is 10.1. The minimum absolute atomic E-state index is 0.0102. The highest BCUT2D eigenvalue weighted by Crippen LogP contribution is 2.35. The monoisotopic (exact) mass is 360 g/mol. The van der Waals surface area contributed by atoms with Crippen molar-refractivity contribution in [2.45, 2.75) is 13.0 Å². The number of methoxy groups -OCH3 is 2. The van der Waals surface area contributed by atoms with Gasteiger partial charge in [-0.05, 0) is 33.6 Å². The second-order valence-electron chi connectivity index (χ2n) is 4.40. The number of carbonyl (C=O) groups excluding carboxylic acids is 1. The number of hydrogen-bond acceptors (Lipinski definition) is 5. The molecule has 0 atom stereocenters. The first-order valence-corrected chi connectivity index (χ1v) is 7.39. The summed E-state index contributed by atoms with van der Waals surface area (Å²) in [6, 6.07) is 3.56. The van der Waals surface area contributed by atoms with E-state index in [1.165, 1.54) is 7.11 Å². The molecule has 118 valence electrons. The summed E-state index contributed by atoms with van der Waals surface area (Å²) in [7, 11) is 3.10. The Hall–Kier alpha value is -1.31. The van der Waals surface area contributed by atoms with Crippen molar-refractivity contribution in [3.8, 4) is 11.5 Å². The second kappa shape index (κ2) is 9.59. The molecule has 0 heterocycles. The van der Waals surface area contributed by atoms with Crippen molar-refractivity contribution in [1.82, 2.24) is 10.6 Å². The summed E-state index contributed by atoms with van der Waals surface area (Å²) in [4.78, 5) is 11.5. The lowest BCUT2D eigenvalue weighted by atomic mass is 10.2. The lowest BCUT2D eigenvalue weighted by molar-refractivity contribution is -0.121. The van der Waals surface area contributed by atoms with Crippen LogP contribution in [-0.2, 0) is 16.1 Å². The highest BCUT2D eigenvalue weighted by atomic mass is 79.9. The summed E-state index contributed by atoms with van der Waals surface area (Å²) >= 11 is 3.27. The molecule has 1 rings (SSSR count). The van der Waals surface area contributed by atoms with E-state index < -0.39 is 0 Å². The standard InChI is InChI=1S/C14H21BrN2O4/c1-20-6-5-17-13(18)3-4-16-9-10-7-11(15)14(19)12(8-10)21-2/h7-8,16,19H,3-6,9H2,1-2H3,(H,17,18). The molecule has 0 saturated carbocycles. The van der Waals surface area contributed by atoms with Crippen LogP contribution in [0.3, 0.4) is 0 Å². The lowest BCUT2D eigenvalue weighted by Crippen LogP contribution is -2.29. The summed E-state index contributed by atoms with van der Waals surface area (Å²) in [6.07, 6.45) is 0.403. The van der Waals surface area contributed by atoms with E-state index >= 15 is 0 Å². The third kappa shape index (κ3) is 6.33. The average Bonchev–Trinajstić information content (AvgIpc) is 2.47. The second-order valence-corrected chi connectivity index (χ2v) is 5.25. The number of nitrogens with one attached hydrogen (secondary N) is 2. The Bertz CT molecular complexity index is 469. The Morgan fingerprint density at radius 2 is 2.10 bits per heavy atom. The summed E-state index contributed by atoms with van der Waals surface area (Å²) in [5, 5.41) is 15.6. The van der Waals surface area contributed by atoms with Crippen LogP contribution in [0.2, 0.25) is 0 Å². The Morgan fingerprint density at radius 1 is 1.33 bits per heavy atom. The average molecular weight is 361 g/mol. The smallest absolute Gasteiger partial charge is 0.221 e. The van der Waals surface area contributed by atoms with E-state index in [1.807, 2.05) is 6.07 Å². The van der Waals surface area contributed by atoms with E-state index in [-0.39, 0.29) is 11.7 Å². The fraction of sp³-hybridized carbons (Fsp3) is 0.500. The molecule has 0 spiro atoms. The van der Waals surface area contributed by atoms with E-state index in [0.29, 0.717) is 42.9 Å². The molecule has 21 heavy (non-hydrogen) atoms. The van der Waals surface area contributed by atoms with Crippen molar-refractivity contribution in [2.24, 2.45) is 0 Å². The molecule has 1 aromatic carbocycles. The first-order valence-electron chi connectivity index (χ1n) is 6.60. The molecule has 0 fully saturated rings. The summed E-state index contributed by atoms with van der Waals surface area (Å²) < 4.78 is 10.5. The van der Waals surface area contributed by atoms with Gasteiger partial charge in [-0.1, -0.05) is 0 Å². The van der Waals surface area contributed by atoms with Gasteiger partial charge in [0.1, 0.15) is 0 Å². The van der Waals surface area contributed by atoms with Crippen LogP contribution in [0.25, 0.3) is 0 Å². The molecule has 0 aromatic heterocycles. The summed E-state index contributed by atoms with van der Waals surface area (Å²) in [5.74, 6) is 0.487. The Labute approximate surface area is 133 Å². The molecule has 7 heteroatoms. The number of benzene rings is 1. The molecule has 0 bridgehead atoms. The van der Waals surface area contributed by atoms with Crippen LogP contribution < -0.4 is 15.4 Å². The van der Waals surface area contributed by atoms with Crippen LogP contribution in [0.5, 0.6) is 11.5 Å². The van der Waals surface area contributed by atoms with Crippen LogP contribution in [0.15, 0.2) is 16.6 Å². The van der Waals surface area contributed by atoms with Crippen molar-refractivity contribution >= 4 is 21.8 Å². The van der Waals surface area contributed by atoms with E-state index in [0.717, 1.165) is 5.56 Å². The zero-order valence-electron chi connectivity index (χ0n) is 12.2. The van der Waals surface area contributed by atoms with Gasteiger partial charge in [0.2, 0.25) is 5.91 Å². The van der Waals surface area contributed by atoms with Gasteiger partial charge in [-0.15, -0.1) is 0 Å². The molecule has 1 amide bonds. The van der Waals surface area contributed by atoms with E-state index in [1.54, 1.807) is 13.2 Å². The topological polar surface area (TPSA) is 79.8 Å². The van der Waals surface area contributed by atoms with Gasteiger partial charge in [-0.3, -0.25) is 4.79 Å². The van der Waals surface area contributed by atoms with Crippen molar-refractivity contribution in [1.29, 1.82) is 0 Å². The maximum Gasteiger partial charge on any atom is 0.221 e. The largest absolute Gasteiger partial charge is 0.503 e. The maximum atomic E-state index is 11.5. The minimum atomic E-state index is -0.0102. The molecule has 1 aromatic rings. The third-order valence-electron chi connectivity index (χ3n) is 2.79. The quantitative estimate of drug-likeness (QED) is 0.580. The van der Waals surface area contributed by atoms with E-state index in [4.69, 9.17) is 9.47 Å². The Balaban J connectivity index is 2.33. The van der Waals surface area contributed by atoms with Gasteiger partial charge in [0.25, 0.3) is 0 Å². The lowest BCUT2D eigenvalue weighted by Gasteiger charge is -2.10. The predicted octanol–water partition coefficient (Wildman–Crippen LogP) is 1.41. The number of aromatic hydroxyl groups is 1. The van der Waals surface area contributed by atoms with E-state index in [2.05, 4.69) is 26.6 Å². The highest BCUT2D eigenvalue weighted by Gasteiger charge is 2.08. The van der Waals surface area contributed by atoms with Crippen molar-refractivity contribution in [3.05, 3.63) is 22.2 Å². The van der Waals surface area contributed by atoms with Crippen molar-refractivity contribution < 1.29 is 19.4 Å². The molecule has 0 unspecified atom stereocenters. The van der Waals surface area contributed by atoms with Gasteiger partial charge in [0, 0.05) is 33.2 Å². The Morgan fingerprint density at radius 3 is 2.76 bits per heavy atom. The molecule has 0 saturated heterocycles. The Kier molecular flexibility index (Phi) is 8.11. The number of phenols is 1. The van der Waals surface area contributed by atoms with Crippen LogP contribution >= 0.6 is 15.9 Å². The highest BCUT2D eigenvalue weighted by molar-refractivity contribution is 9.10. The number of ether oxygens (including phenoxy) is 2. The number of hydrogen-bond donors (Lipinski definition) is 3. The zero-order valence-corrected chi connectivity index (χ0v) is 13.8. The fourth-order valence-electron chi connectivity index (χ4n) is 1.70. The molecule has 0 aliphatic carbocycles. The first kappa shape index (κ1) is 17.7. The molecule has 0 radical (unpaired) electrons. The summed E-state index contributed by atoms with van der Waals surface area (Å²) in [6.45, 7) is 2.19. The van der Waals surface area contributed by atoms with E-state index in [9.17, 15) is 9.90 Å². The third-order valence-corrected chi connectivity index (χ3v) is 3.40. The number of carbonyl (C=O) groups is 1. The number of phenolic OH excluding ortho intramolecular Hbond substituents is 1. The predicted molar refractivity (Wildman–Crippen MR) is 83.6 cm³/mol. The molecular weight excluding hydrogens is 340 g/mol. The van der Waals surface area contributed by atoms with Crippen LogP contribution in [-0.4, -0.2) is 44.9 Å². The van der Waals surface area contributed by atoms with Gasteiger partial charge in [-0.2, -0.15) is 0 Å². The van der Waals surface area contributed by atoms with Gasteiger partial charge in [-0.25, -0.2) is 0 Å². The SMILES string of the molecule is COCCNC(=O)CCNCc1cc(Br)c(O)c(OC)c1. The van der Waals surface area contributed by atoms with Gasteiger partial charge >= 0.3 is 0 Å². The van der Waals surface area contributed by atoms with Crippen LogP contribution in [0.1, 0.15) is 12.0 Å². The van der Waals surface area contributed by atoms with Crippen LogP contribution in [0, 0.1) is 0 Å². The van der Waals surface area contributed by atoms with Gasteiger partial charge < -0.3 is 25.2 Å². The number of amides is 1. The number of rotatable bonds is 9. The zero-order chi connectivity index (χ0) is 15.7. The molecule has 6 nitrogen and oxygen atoms in total. The molecule has 3 N–H and O–H groups in total. The van der Waals surface area contributed by atoms with Gasteiger partial charge in [0.15, 0.2) is 11.5 Å². The summed E-state index contributed by atoms with van der Waals surface area (Å²) in [5.41, 5.74) is 0.955. The normalized spacial score (nSPS) is 10.4. The minimum Gasteiger partial charge on any atom is -0.503 e. The maximum absolute atomic E-state index is 11.5.